The predicted molar refractivity (Wildman–Crippen MR) is 81.0 cm³/mol. The molecule has 0 spiro atoms. The predicted octanol–water partition coefficient (Wildman–Crippen LogP) is 5.34. The number of rotatable bonds is 3. The first kappa shape index (κ1) is 13.2. The molecule has 2 aromatic carbocycles. The fourth-order valence-electron chi connectivity index (χ4n) is 1.78. The zero-order valence-corrected chi connectivity index (χ0v) is 11.7. The highest BCUT2D eigenvalue weighted by Crippen LogP contribution is 2.30. The van der Waals surface area contributed by atoms with Gasteiger partial charge in [-0.3, -0.25) is 0 Å². The Hall–Kier alpha value is -1.24. The Bertz CT molecular complexity index is 539. The lowest BCUT2D eigenvalue weighted by Crippen LogP contribution is -1.90. The molecule has 2 rings (SSSR count). The number of hydrogen-bond donors (Lipinski definition) is 0. The number of benzene rings is 2. The van der Waals surface area contributed by atoms with E-state index in [0.29, 0.717) is 5.88 Å². The van der Waals surface area contributed by atoms with Gasteiger partial charge in [0.1, 0.15) is 0 Å². The molecule has 0 saturated carbocycles. The molecule has 0 heterocycles. The van der Waals surface area contributed by atoms with Crippen molar-refractivity contribution in [3.63, 3.8) is 0 Å². The highest BCUT2D eigenvalue weighted by molar-refractivity contribution is 6.53. The summed E-state index contributed by atoms with van der Waals surface area (Å²) in [5.74, 6) is 0.400. The molecule has 0 saturated heterocycles. The van der Waals surface area contributed by atoms with E-state index in [1.54, 1.807) is 0 Å². The fraction of sp³-hybridized carbons (Fsp3) is 0.125. The van der Waals surface area contributed by atoms with Crippen molar-refractivity contribution in [1.82, 2.24) is 0 Å². The van der Waals surface area contributed by atoms with Gasteiger partial charge in [-0.2, -0.15) is 0 Å². The normalized spacial score (nSPS) is 12.2. The first-order chi connectivity index (χ1) is 8.72. The van der Waals surface area contributed by atoms with Crippen LogP contribution in [-0.2, 0) is 0 Å². The van der Waals surface area contributed by atoms with Crippen molar-refractivity contribution in [3.05, 3.63) is 71.3 Å². The van der Waals surface area contributed by atoms with Crippen LogP contribution in [0.25, 0.3) is 10.6 Å². The zero-order chi connectivity index (χ0) is 13.0. The van der Waals surface area contributed by atoms with E-state index in [1.807, 2.05) is 42.5 Å². The van der Waals surface area contributed by atoms with Gasteiger partial charge in [0.15, 0.2) is 0 Å². The van der Waals surface area contributed by atoms with Gasteiger partial charge in [0, 0.05) is 5.88 Å². The molecule has 0 aliphatic carbocycles. The van der Waals surface area contributed by atoms with Gasteiger partial charge >= 0.3 is 0 Å². The molecule has 0 atom stereocenters. The molecule has 0 nitrogen and oxygen atoms in total. The summed E-state index contributed by atoms with van der Waals surface area (Å²) in [4.78, 5) is 0. The van der Waals surface area contributed by atoms with Crippen LogP contribution in [0.1, 0.15) is 16.7 Å². The molecule has 2 heteroatoms. The van der Waals surface area contributed by atoms with Crippen LogP contribution in [0.2, 0.25) is 0 Å². The minimum Gasteiger partial charge on any atom is -0.121 e. The standard InChI is InChI=1S/C16H14Cl2/c1-12-7-9-14(10-8-12)16(18)15(11-17)13-5-3-2-4-6-13/h2-10H,11H2,1H3/b16-15+. The second-order valence-electron chi connectivity index (χ2n) is 4.16. The molecule has 0 fully saturated rings. The van der Waals surface area contributed by atoms with Crippen LogP contribution in [0.15, 0.2) is 54.6 Å². The molecular formula is C16H14Cl2. The maximum Gasteiger partial charge on any atom is 0.0528 e. The molecular weight excluding hydrogens is 263 g/mol. The minimum absolute atomic E-state index is 0.400. The number of hydrogen-bond acceptors (Lipinski definition) is 0. The Labute approximate surface area is 118 Å². The van der Waals surface area contributed by atoms with Crippen LogP contribution in [0, 0.1) is 6.92 Å². The van der Waals surface area contributed by atoms with Crippen LogP contribution in [0.5, 0.6) is 0 Å². The van der Waals surface area contributed by atoms with E-state index in [0.717, 1.165) is 21.7 Å². The Morgan fingerprint density at radius 3 is 2.06 bits per heavy atom. The van der Waals surface area contributed by atoms with Gasteiger partial charge in [0.05, 0.1) is 5.03 Å². The lowest BCUT2D eigenvalue weighted by atomic mass is 10.0. The summed E-state index contributed by atoms with van der Waals surface area (Å²) >= 11 is 12.5. The molecule has 0 aromatic heterocycles. The highest BCUT2D eigenvalue weighted by atomic mass is 35.5. The molecule has 92 valence electrons. The van der Waals surface area contributed by atoms with E-state index < -0.39 is 0 Å². The quantitative estimate of drug-likeness (QED) is 0.524. The van der Waals surface area contributed by atoms with Crippen LogP contribution in [-0.4, -0.2) is 5.88 Å². The SMILES string of the molecule is Cc1ccc(/C(Cl)=C(/CCl)c2ccccc2)cc1. The van der Waals surface area contributed by atoms with Crippen LogP contribution in [0.4, 0.5) is 0 Å². The largest absolute Gasteiger partial charge is 0.121 e. The summed E-state index contributed by atoms with van der Waals surface area (Å²) in [7, 11) is 0. The van der Waals surface area contributed by atoms with E-state index in [1.165, 1.54) is 5.56 Å². The van der Waals surface area contributed by atoms with Gasteiger partial charge in [-0.25, -0.2) is 0 Å². The smallest absolute Gasteiger partial charge is 0.0528 e. The lowest BCUT2D eigenvalue weighted by molar-refractivity contribution is 1.46. The molecule has 0 N–H and O–H groups in total. The zero-order valence-electron chi connectivity index (χ0n) is 10.2. The van der Waals surface area contributed by atoms with Crippen LogP contribution < -0.4 is 0 Å². The molecule has 0 unspecified atom stereocenters. The van der Waals surface area contributed by atoms with Crippen LogP contribution >= 0.6 is 23.2 Å². The lowest BCUT2D eigenvalue weighted by Gasteiger charge is -2.09. The third kappa shape index (κ3) is 2.95. The van der Waals surface area contributed by atoms with E-state index in [4.69, 9.17) is 23.2 Å². The molecule has 0 aliphatic heterocycles. The van der Waals surface area contributed by atoms with Crippen molar-refractivity contribution in [1.29, 1.82) is 0 Å². The summed E-state index contributed by atoms with van der Waals surface area (Å²) in [6.45, 7) is 2.06. The van der Waals surface area contributed by atoms with Crippen LogP contribution in [0.3, 0.4) is 0 Å². The minimum atomic E-state index is 0.400. The van der Waals surface area contributed by atoms with Gasteiger partial charge in [0.25, 0.3) is 0 Å². The van der Waals surface area contributed by atoms with E-state index in [9.17, 15) is 0 Å². The molecule has 2 aromatic rings. The Kier molecular flexibility index (Phi) is 4.46. The van der Waals surface area contributed by atoms with E-state index in [2.05, 4.69) is 19.1 Å². The van der Waals surface area contributed by atoms with Crippen molar-refractivity contribution < 1.29 is 0 Å². The second kappa shape index (κ2) is 6.08. The fourth-order valence-corrected chi connectivity index (χ4v) is 2.43. The summed E-state index contributed by atoms with van der Waals surface area (Å²) < 4.78 is 0. The average Bonchev–Trinajstić information content (AvgIpc) is 2.41. The maximum absolute atomic E-state index is 6.45. The molecule has 0 bridgehead atoms. The van der Waals surface area contributed by atoms with Gasteiger partial charge in [0.2, 0.25) is 0 Å². The molecule has 18 heavy (non-hydrogen) atoms. The summed E-state index contributed by atoms with van der Waals surface area (Å²) in [5.41, 5.74) is 4.25. The third-order valence-corrected chi connectivity index (χ3v) is 3.54. The Morgan fingerprint density at radius 2 is 1.50 bits per heavy atom. The number of halogens is 2. The Balaban J connectivity index is 2.47. The number of allylic oxidation sites excluding steroid dienone is 1. The Morgan fingerprint density at radius 1 is 0.889 bits per heavy atom. The van der Waals surface area contributed by atoms with Gasteiger partial charge in [-0.1, -0.05) is 71.8 Å². The van der Waals surface area contributed by atoms with Gasteiger partial charge < -0.3 is 0 Å². The monoisotopic (exact) mass is 276 g/mol. The summed E-state index contributed by atoms with van der Waals surface area (Å²) in [6, 6.07) is 18.1. The van der Waals surface area contributed by atoms with E-state index in [-0.39, 0.29) is 0 Å². The maximum atomic E-state index is 6.45. The van der Waals surface area contributed by atoms with Crippen molar-refractivity contribution in [2.24, 2.45) is 0 Å². The van der Waals surface area contributed by atoms with Crippen molar-refractivity contribution >= 4 is 33.8 Å². The number of aryl methyl sites for hydroxylation is 1. The third-order valence-electron chi connectivity index (χ3n) is 2.83. The summed E-state index contributed by atoms with van der Waals surface area (Å²) in [6.07, 6.45) is 0. The first-order valence-corrected chi connectivity index (χ1v) is 6.70. The van der Waals surface area contributed by atoms with Crippen molar-refractivity contribution in [2.45, 2.75) is 6.92 Å². The van der Waals surface area contributed by atoms with Gasteiger partial charge in [-0.05, 0) is 23.6 Å². The van der Waals surface area contributed by atoms with Crippen molar-refractivity contribution in [2.75, 3.05) is 5.88 Å². The van der Waals surface area contributed by atoms with Gasteiger partial charge in [-0.15, -0.1) is 11.6 Å². The number of alkyl halides is 1. The topological polar surface area (TPSA) is 0 Å². The summed E-state index contributed by atoms with van der Waals surface area (Å²) in [5, 5.41) is 0.719. The van der Waals surface area contributed by atoms with Crippen molar-refractivity contribution in [3.8, 4) is 0 Å². The second-order valence-corrected chi connectivity index (χ2v) is 4.80. The molecule has 0 amide bonds. The van der Waals surface area contributed by atoms with E-state index >= 15 is 0 Å². The average molecular weight is 277 g/mol. The highest BCUT2D eigenvalue weighted by Gasteiger charge is 2.08. The first-order valence-electron chi connectivity index (χ1n) is 5.79. The molecule has 0 radical (unpaired) electrons. The molecule has 0 aliphatic rings.